The molecule has 0 fully saturated rings. The largest absolute Gasteiger partial charge is 0.341 e. The van der Waals surface area contributed by atoms with E-state index in [0.717, 1.165) is 21.1 Å². The fraction of sp³-hybridized carbons (Fsp3) is 0.333. The van der Waals surface area contributed by atoms with Crippen LogP contribution in [0.2, 0.25) is 0 Å². The maximum Gasteiger partial charge on any atom is 0.227 e. The van der Waals surface area contributed by atoms with E-state index < -0.39 is 0 Å². The quantitative estimate of drug-likeness (QED) is 0.739. The topological polar surface area (TPSA) is 72.1 Å². The molecule has 0 saturated carbocycles. The minimum atomic E-state index is 0.0742. The van der Waals surface area contributed by atoms with Crippen LogP contribution in [0.3, 0.4) is 0 Å². The van der Waals surface area contributed by atoms with Gasteiger partial charge in [0.15, 0.2) is 0 Å². The zero-order chi connectivity index (χ0) is 15.7. The van der Waals surface area contributed by atoms with Gasteiger partial charge in [-0.25, -0.2) is 9.61 Å². The molecule has 0 radical (unpaired) electrons. The highest BCUT2D eigenvalue weighted by atomic mass is 32.1. The molecule has 1 aromatic carbocycles. The van der Waals surface area contributed by atoms with Gasteiger partial charge in [0.05, 0.1) is 17.1 Å². The maximum absolute atomic E-state index is 12.4. The van der Waals surface area contributed by atoms with Crippen LogP contribution in [0.15, 0.2) is 22.8 Å². The van der Waals surface area contributed by atoms with Crippen molar-refractivity contribution in [1.29, 1.82) is 0 Å². The van der Waals surface area contributed by atoms with Gasteiger partial charge in [-0.15, -0.1) is 11.3 Å². The lowest BCUT2D eigenvalue weighted by Gasteiger charge is -2.17. The van der Waals surface area contributed by atoms with E-state index in [2.05, 4.69) is 19.9 Å². The number of hydrogen-bond donors (Lipinski definition) is 0. The average molecular weight is 316 g/mol. The average Bonchev–Trinajstić information content (AvgIpc) is 3.05. The molecule has 0 saturated heterocycles. The predicted octanol–water partition coefficient (Wildman–Crippen LogP) is 2.50. The van der Waals surface area contributed by atoms with Crippen LogP contribution in [0, 0.1) is 13.8 Å². The second-order valence-corrected chi connectivity index (χ2v) is 6.54. The van der Waals surface area contributed by atoms with Crippen molar-refractivity contribution in [1.82, 2.24) is 20.2 Å². The van der Waals surface area contributed by atoms with Crippen molar-refractivity contribution >= 4 is 28.3 Å². The standard InChI is InChI=1S/C15H16N4O2S/c1-9-14(22-10(2)16-9)7-15(20)19(3)8-11-4-5-12-13(6-11)18-21-17-12/h4-6H,7-8H2,1-3H3. The zero-order valence-corrected chi connectivity index (χ0v) is 13.5. The fourth-order valence-electron chi connectivity index (χ4n) is 2.30. The first-order chi connectivity index (χ1) is 10.5. The number of nitrogens with zero attached hydrogens (tertiary/aromatic N) is 4. The first-order valence-corrected chi connectivity index (χ1v) is 7.72. The van der Waals surface area contributed by atoms with Crippen molar-refractivity contribution in [2.45, 2.75) is 26.8 Å². The van der Waals surface area contributed by atoms with E-state index in [1.807, 2.05) is 32.0 Å². The number of thiazole rings is 1. The zero-order valence-electron chi connectivity index (χ0n) is 12.7. The highest BCUT2D eigenvalue weighted by Gasteiger charge is 2.14. The van der Waals surface area contributed by atoms with Crippen molar-refractivity contribution in [2.75, 3.05) is 7.05 Å². The van der Waals surface area contributed by atoms with E-state index in [1.54, 1.807) is 23.3 Å². The van der Waals surface area contributed by atoms with Gasteiger partial charge < -0.3 is 4.90 Å². The number of fused-ring (bicyclic) bond motifs is 1. The Balaban J connectivity index is 1.69. The molecule has 7 heteroatoms. The molecule has 3 aromatic rings. The third kappa shape index (κ3) is 2.99. The SMILES string of the molecule is Cc1nc(C)c(CC(=O)N(C)Cc2ccc3nonc3c2)s1. The summed E-state index contributed by atoms with van der Waals surface area (Å²) in [7, 11) is 1.80. The molecule has 0 spiro atoms. The van der Waals surface area contributed by atoms with Gasteiger partial charge in [0, 0.05) is 18.5 Å². The van der Waals surface area contributed by atoms with Crippen LogP contribution in [0.1, 0.15) is 21.1 Å². The lowest BCUT2D eigenvalue weighted by atomic mass is 10.2. The fourth-order valence-corrected chi connectivity index (χ4v) is 3.23. The Hall–Kier alpha value is -2.28. The molecule has 2 heterocycles. The van der Waals surface area contributed by atoms with Gasteiger partial charge in [-0.1, -0.05) is 6.07 Å². The molecule has 0 aliphatic carbocycles. The van der Waals surface area contributed by atoms with Gasteiger partial charge in [0.2, 0.25) is 5.91 Å². The van der Waals surface area contributed by atoms with Crippen LogP contribution in [0.4, 0.5) is 0 Å². The number of carbonyl (C=O) groups excluding carboxylic acids is 1. The number of carbonyl (C=O) groups is 1. The molecule has 114 valence electrons. The number of aromatic nitrogens is 3. The summed E-state index contributed by atoms with van der Waals surface area (Å²) in [5.74, 6) is 0.0742. The van der Waals surface area contributed by atoms with Gasteiger partial charge >= 0.3 is 0 Å². The van der Waals surface area contributed by atoms with Crippen molar-refractivity contribution < 1.29 is 9.42 Å². The molecule has 6 nitrogen and oxygen atoms in total. The van der Waals surface area contributed by atoms with Gasteiger partial charge in [0.25, 0.3) is 0 Å². The highest BCUT2D eigenvalue weighted by molar-refractivity contribution is 7.11. The molecule has 0 unspecified atom stereocenters. The van der Waals surface area contributed by atoms with Crippen LogP contribution in [-0.2, 0) is 17.8 Å². The summed E-state index contributed by atoms with van der Waals surface area (Å²) in [5.41, 5.74) is 3.36. The van der Waals surface area contributed by atoms with E-state index in [-0.39, 0.29) is 5.91 Å². The predicted molar refractivity (Wildman–Crippen MR) is 83.6 cm³/mol. The molecule has 0 N–H and O–H groups in total. The van der Waals surface area contributed by atoms with Gasteiger partial charge in [-0.05, 0) is 41.9 Å². The number of rotatable bonds is 4. The molecular weight excluding hydrogens is 300 g/mol. The number of likely N-dealkylation sites (N-methyl/N-ethyl adjacent to an activating group) is 1. The number of benzene rings is 1. The van der Waals surface area contributed by atoms with Crippen molar-refractivity contribution in [2.24, 2.45) is 0 Å². The Labute approximate surface area is 131 Å². The lowest BCUT2D eigenvalue weighted by molar-refractivity contribution is -0.129. The van der Waals surface area contributed by atoms with E-state index in [1.165, 1.54) is 0 Å². The Bertz CT molecular complexity index is 824. The molecule has 0 aliphatic heterocycles. The summed E-state index contributed by atoms with van der Waals surface area (Å²) in [4.78, 5) is 19.5. The Kier molecular flexibility index (Phi) is 3.89. The Morgan fingerprint density at radius 3 is 2.77 bits per heavy atom. The monoisotopic (exact) mass is 316 g/mol. The number of hydrogen-bond acceptors (Lipinski definition) is 6. The van der Waals surface area contributed by atoms with E-state index in [4.69, 9.17) is 0 Å². The third-order valence-corrected chi connectivity index (χ3v) is 4.55. The summed E-state index contributed by atoms with van der Waals surface area (Å²) >= 11 is 1.58. The minimum absolute atomic E-state index is 0.0742. The van der Waals surface area contributed by atoms with Crippen molar-refractivity contribution in [3.8, 4) is 0 Å². The van der Waals surface area contributed by atoms with Gasteiger partial charge in [-0.3, -0.25) is 4.79 Å². The van der Waals surface area contributed by atoms with Crippen LogP contribution in [0.5, 0.6) is 0 Å². The Morgan fingerprint density at radius 2 is 2.05 bits per heavy atom. The smallest absolute Gasteiger partial charge is 0.227 e. The molecule has 22 heavy (non-hydrogen) atoms. The normalized spacial score (nSPS) is 11.0. The summed E-state index contributed by atoms with van der Waals surface area (Å²) in [5, 5.41) is 8.58. The second-order valence-electron chi connectivity index (χ2n) is 5.26. The first kappa shape index (κ1) is 14.6. The molecule has 3 rings (SSSR count). The summed E-state index contributed by atoms with van der Waals surface area (Å²) < 4.78 is 4.68. The maximum atomic E-state index is 12.4. The van der Waals surface area contributed by atoms with Crippen LogP contribution >= 0.6 is 11.3 Å². The number of amides is 1. The van der Waals surface area contributed by atoms with Gasteiger partial charge in [-0.2, -0.15) is 0 Å². The summed E-state index contributed by atoms with van der Waals surface area (Å²) in [6.07, 6.45) is 0.390. The first-order valence-electron chi connectivity index (χ1n) is 6.91. The molecule has 0 bridgehead atoms. The molecule has 2 aromatic heterocycles. The van der Waals surface area contributed by atoms with Crippen LogP contribution in [-0.4, -0.2) is 33.2 Å². The molecule has 1 amide bonds. The Morgan fingerprint density at radius 1 is 1.27 bits per heavy atom. The minimum Gasteiger partial charge on any atom is -0.341 e. The van der Waals surface area contributed by atoms with Gasteiger partial charge in [0.1, 0.15) is 11.0 Å². The summed E-state index contributed by atoms with van der Waals surface area (Å²) in [6, 6.07) is 5.66. The third-order valence-electron chi connectivity index (χ3n) is 3.48. The molecular formula is C15H16N4O2S. The molecule has 0 aliphatic rings. The lowest BCUT2D eigenvalue weighted by Crippen LogP contribution is -2.27. The van der Waals surface area contributed by atoms with E-state index in [9.17, 15) is 4.79 Å². The molecule has 0 atom stereocenters. The summed E-state index contributed by atoms with van der Waals surface area (Å²) in [6.45, 7) is 4.42. The van der Waals surface area contributed by atoms with Crippen LogP contribution in [0.25, 0.3) is 11.0 Å². The van der Waals surface area contributed by atoms with Crippen LogP contribution < -0.4 is 0 Å². The highest BCUT2D eigenvalue weighted by Crippen LogP contribution is 2.19. The van der Waals surface area contributed by atoms with Crippen molar-refractivity contribution in [3.05, 3.63) is 39.3 Å². The van der Waals surface area contributed by atoms with Crippen molar-refractivity contribution in [3.63, 3.8) is 0 Å². The van der Waals surface area contributed by atoms with E-state index in [0.29, 0.717) is 24.0 Å². The van der Waals surface area contributed by atoms with E-state index >= 15 is 0 Å². The number of aryl methyl sites for hydroxylation is 2. The second kappa shape index (κ2) is 5.84.